The molecule has 106 valence electrons. The van der Waals surface area contributed by atoms with Crippen LogP contribution in [0.5, 0.6) is 5.75 Å². The van der Waals surface area contributed by atoms with E-state index in [2.05, 4.69) is 32.9 Å². The zero-order chi connectivity index (χ0) is 13.9. The van der Waals surface area contributed by atoms with Gasteiger partial charge in [-0.1, -0.05) is 27.2 Å². The van der Waals surface area contributed by atoms with Gasteiger partial charge in [0.15, 0.2) is 5.79 Å². The summed E-state index contributed by atoms with van der Waals surface area (Å²) in [5, 5.41) is 0. The normalized spacial score (nSPS) is 17.9. The van der Waals surface area contributed by atoms with Crippen molar-refractivity contribution >= 4 is 0 Å². The summed E-state index contributed by atoms with van der Waals surface area (Å²) in [6.45, 7) is 7.83. The molecule has 1 saturated heterocycles. The summed E-state index contributed by atoms with van der Waals surface area (Å²) in [5.41, 5.74) is 2.31. The van der Waals surface area contributed by atoms with Crippen LogP contribution >= 0.6 is 0 Å². The Bertz CT molecular complexity index is 420. The van der Waals surface area contributed by atoms with E-state index in [0.717, 1.165) is 24.2 Å². The average Bonchev–Trinajstić information content (AvgIpc) is 2.88. The molecule has 3 nitrogen and oxygen atoms in total. The van der Waals surface area contributed by atoms with Gasteiger partial charge in [0.25, 0.3) is 0 Å². The van der Waals surface area contributed by atoms with E-state index in [1.165, 1.54) is 5.56 Å². The molecule has 0 aromatic heterocycles. The van der Waals surface area contributed by atoms with Gasteiger partial charge in [0.1, 0.15) is 5.75 Å². The number of ether oxygens (including phenoxy) is 3. The fraction of sp³-hybridized carbons (Fsp3) is 0.625. The van der Waals surface area contributed by atoms with E-state index >= 15 is 0 Å². The van der Waals surface area contributed by atoms with E-state index in [1.54, 1.807) is 7.11 Å². The third-order valence-electron chi connectivity index (χ3n) is 3.62. The van der Waals surface area contributed by atoms with Gasteiger partial charge in [-0.05, 0) is 29.7 Å². The zero-order valence-electron chi connectivity index (χ0n) is 12.4. The van der Waals surface area contributed by atoms with Crippen LogP contribution < -0.4 is 4.74 Å². The molecule has 0 saturated carbocycles. The van der Waals surface area contributed by atoms with Gasteiger partial charge >= 0.3 is 0 Å². The summed E-state index contributed by atoms with van der Waals surface area (Å²) in [6.07, 6.45) is 1.92. The van der Waals surface area contributed by atoms with Crippen molar-refractivity contribution in [3.05, 3.63) is 29.3 Å². The fourth-order valence-corrected chi connectivity index (χ4v) is 2.66. The first-order chi connectivity index (χ1) is 9.13. The molecule has 0 spiro atoms. The van der Waals surface area contributed by atoms with Crippen molar-refractivity contribution in [2.45, 2.75) is 45.3 Å². The zero-order valence-corrected chi connectivity index (χ0v) is 12.4. The van der Waals surface area contributed by atoms with Crippen LogP contribution in [0.15, 0.2) is 18.2 Å². The van der Waals surface area contributed by atoms with Crippen LogP contribution in [0.25, 0.3) is 0 Å². The second-order valence-corrected chi connectivity index (χ2v) is 5.31. The third-order valence-corrected chi connectivity index (χ3v) is 3.62. The van der Waals surface area contributed by atoms with Gasteiger partial charge in [-0.3, -0.25) is 0 Å². The quantitative estimate of drug-likeness (QED) is 0.809. The summed E-state index contributed by atoms with van der Waals surface area (Å²) < 4.78 is 17.3. The van der Waals surface area contributed by atoms with E-state index in [1.807, 2.05) is 6.07 Å². The summed E-state index contributed by atoms with van der Waals surface area (Å²) in [6, 6.07) is 6.25. The van der Waals surface area contributed by atoms with Crippen LogP contribution in [0.3, 0.4) is 0 Å². The van der Waals surface area contributed by atoms with E-state index in [4.69, 9.17) is 14.2 Å². The van der Waals surface area contributed by atoms with Crippen molar-refractivity contribution in [2.24, 2.45) is 0 Å². The molecule has 1 fully saturated rings. The number of methoxy groups -OCH3 is 1. The number of hydrogen-bond donors (Lipinski definition) is 0. The molecule has 0 amide bonds. The summed E-state index contributed by atoms with van der Waals surface area (Å²) in [4.78, 5) is 0. The molecule has 1 aromatic carbocycles. The third kappa shape index (κ3) is 2.77. The molecule has 2 rings (SSSR count). The van der Waals surface area contributed by atoms with Gasteiger partial charge in [-0.2, -0.15) is 0 Å². The first-order valence-corrected chi connectivity index (χ1v) is 7.09. The second kappa shape index (κ2) is 5.93. The van der Waals surface area contributed by atoms with E-state index in [-0.39, 0.29) is 0 Å². The molecular formula is C16H24O3. The molecule has 0 N–H and O–H groups in total. The Morgan fingerprint density at radius 3 is 2.47 bits per heavy atom. The standard InChI is InChI=1S/C16H24O3/c1-5-8-16(18-9-10-19-16)13-6-7-15(17-4)14(11-13)12(2)3/h6-7,11-12H,5,8-10H2,1-4H3. The van der Waals surface area contributed by atoms with Crippen molar-refractivity contribution in [1.82, 2.24) is 0 Å². The second-order valence-electron chi connectivity index (χ2n) is 5.31. The number of rotatable bonds is 5. The van der Waals surface area contributed by atoms with E-state index in [9.17, 15) is 0 Å². The average molecular weight is 264 g/mol. The van der Waals surface area contributed by atoms with Crippen LogP contribution in [0.2, 0.25) is 0 Å². The largest absolute Gasteiger partial charge is 0.496 e. The first kappa shape index (κ1) is 14.4. The Morgan fingerprint density at radius 2 is 1.95 bits per heavy atom. The molecule has 1 aliphatic rings. The minimum atomic E-state index is -0.551. The van der Waals surface area contributed by atoms with Crippen molar-refractivity contribution < 1.29 is 14.2 Å². The Balaban J connectivity index is 2.41. The minimum Gasteiger partial charge on any atom is -0.496 e. The van der Waals surface area contributed by atoms with Gasteiger partial charge in [-0.15, -0.1) is 0 Å². The Kier molecular flexibility index (Phi) is 4.48. The highest BCUT2D eigenvalue weighted by Crippen LogP contribution is 2.39. The van der Waals surface area contributed by atoms with Gasteiger partial charge in [0, 0.05) is 12.0 Å². The molecule has 19 heavy (non-hydrogen) atoms. The van der Waals surface area contributed by atoms with Gasteiger partial charge < -0.3 is 14.2 Å². The molecule has 0 atom stereocenters. The highest BCUT2D eigenvalue weighted by atomic mass is 16.7. The molecule has 0 aliphatic carbocycles. The predicted molar refractivity (Wildman–Crippen MR) is 75.6 cm³/mol. The molecule has 1 aliphatic heterocycles. The van der Waals surface area contributed by atoms with Crippen LogP contribution in [0.4, 0.5) is 0 Å². The van der Waals surface area contributed by atoms with Crippen LogP contribution in [0, 0.1) is 0 Å². The lowest BCUT2D eigenvalue weighted by Gasteiger charge is -2.28. The Morgan fingerprint density at radius 1 is 1.26 bits per heavy atom. The molecule has 0 radical (unpaired) electrons. The van der Waals surface area contributed by atoms with Gasteiger partial charge in [0.05, 0.1) is 20.3 Å². The van der Waals surface area contributed by atoms with Crippen molar-refractivity contribution in [2.75, 3.05) is 20.3 Å². The van der Waals surface area contributed by atoms with E-state index in [0.29, 0.717) is 19.1 Å². The van der Waals surface area contributed by atoms with Crippen LogP contribution in [-0.4, -0.2) is 20.3 Å². The Hall–Kier alpha value is -1.06. The monoisotopic (exact) mass is 264 g/mol. The highest BCUT2D eigenvalue weighted by Gasteiger charge is 2.38. The molecule has 0 unspecified atom stereocenters. The van der Waals surface area contributed by atoms with E-state index < -0.39 is 5.79 Å². The maximum absolute atomic E-state index is 5.91. The van der Waals surface area contributed by atoms with Gasteiger partial charge in [-0.25, -0.2) is 0 Å². The molecule has 0 bridgehead atoms. The lowest BCUT2D eigenvalue weighted by molar-refractivity contribution is -0.171. The maximum Gasteiger partial charge on any atom is 0.194 e. The fourth-order valence-electron chi connectivity index (χ4n) is 2.66. The smallest absolute Gasteiger partial charge is 0.194 e. The summed E-state index contributed by atoms with van der Waals surface area (Å²) in [7, 11) is 1.71. The molecule has 3 heteroatoms. The topological polar surface area (TPSA) is 27.7 Å². The predicted octanol–water partition coefficient (Wildman–Crippen LogP) is 3.82. The maximum atomic E-state index is 5.91. The lowest BCUT2D eigenvalue weighted by Crippen LogP contribution is -2.27. The van der Waals surface area contributed by atoms with Crippen molar-refractivity contribution in [3.63, 3.8) is 0 Å². The molecular weight excluding hydrogens is 240 g/mol. The number of benzene rings is 1. The highest BCUT2D eigenvalue weighted by molar-refractivity contribution is 5.41. The minimum absolute atomic E-state index is 0.412. The molecule has 1 heterocycles. The van der Waals surface area contributed by atoms with Crippen molar-refractivity contribution in [3.8, 4) is 5.75 Å². The van der Waals surface area contributed by atoms with Gasteiger partial charge in [0.2, 0.25) is 0 Å². The lowest BCUT2D eigenvalue weighted by atomic mass is 9.94. The molecule has 1 aromatic rings. The number of hydrogen-bond acceptors (Lipinski definition) is 3. The summed E-state index contributed by atoms with van der Waals surface area (Å²) >= 11 is 0. The summed E-state index contributed by atoms with van der Waals surface area (Å²) in [5.74, 6) is 0.795. The van der Waals surface area contributed by atoms with Crippen LogP contribution in [-0.2, 0) is 15.3 Å². The Labute approximate surface area is 115 Å². The van der Waals surface area contributed by atoms with Crippen molar-refractivity contribution in [1.29, 1.82) is 0 Å². The van der Waals surface area contributed by atoms with Crippen LogP contribution in [0.1, 0.15) is 50.7 Å². The first-order valence-electron chi connectivity index (χ1n) is 7.09. The SMILES string of the molecule is CCCC1(c2ccc(OC)c(C(C)C)c2)OCCO1.